The molecule has 2 rings (SSSR count). The average molecular weight is 322 g/mol. The molecule has 1 aromatic carbocycles. The van der Waals surface area contributed by atoms with Gasteiger partial charge in [0, 0.05) is 24.6 Å². The summed E-state index contributed by atoms with van der Waals surface area (Å²) in [6, 6.07) is 3.70. The number of sulfonamides is 1. The maximum atomic E-state index is 12.3. The summed E-state index contributed by atoms with van der Waals surface area (Å²) >= 11 is 7.51. The fourth-order valence-electron chi connectivity index (χ4n) is 1.77. The number of halogens is 1. The van der Waals surface area contributed by atoms with Gasteiger partial charge in [-0.05, 0) is 18.2 Å². The molecule has 8 heteroatoms. The van der Waals surface area contributed by atoms with Crippen LogP contribution in [0.25, 0.3) is 0 Å². The summed E-state index contributed by atoms with van der Waals surface area (Å²) in [5.74, 6) is 0.351. The lowest BCUT2D eigenvalue weighted by Gasteiger charge is -2.25. The first-order valence-corrected chi connectivity index (χ1v) is 8.51. The molecule has 0 unspecified atom stereocenters. The Morgan fingerprint density at radius 3 is 2.47 bits per heavy atom. The number of hydrogen-bond donors (Lipinski definition) is 1. The van der Waals surface area contributed by atoms with Crippen molar-refractivity contribution in [3.8, 4) is 0 Å². The average Bonchev–Trinajstić information content (AvgIpc) is 2.39. The Hall–Kier alpha value is -0.760. The molecule has 104 valence electrons. The Kier molecular flexibility index (Phi) is 4.39. The van der Waals surface area contributed by atoms with Gasteiger partial charge in [0.2, 0.25) is 10.0 Å². The second-order valence-corrected chi connectivity index (χ2v) is 7.53. The van der Waals surface area contributed by atoms with Crippen LogP contribution in [0.15, 0.2) is 23.1 Å². The van der Waals surface area contributed by atoms with E-state index < -0.39 is 16.0 Å². The fraction of sp³-hybridized carbons (Fsp3) is 0.364. The van der Waals surface area contributed by atoms with Gasteiger partial charge in [0.25, 0.3) is 0 Å². The van der Waals surface area contributed by atoms with E-state index in [0.717, 1.165) is 11.5 Å². The Morgan fingerprint density at radius 2 is 1.95 bits per heavy atom. The molecule has 0 atom stereocenters. The number of carboxylic acids is 1. The summed E-state index contributed by atoms with van der Waals surface area (Å²) in [5.41, 5.74) is -0.102. The molecule has 1 N–H and O–H groups in total. The number of thioether (sulfide) groups is 1. The van der Waals surface area contributed by atoms with E-state index in [1.54, 1.807) is 11.8 Å². The summed E-state index contributed by atoms with van der Waals surface area (Å²) in [6.07, 6.45) is 0. The summed E-state index contributed by atoms with van der Waals surface area (Å²) in [5, 5.41) is 8.79. The summed E-state index contributed by atoms with van der Waals surface area (Å²) in [6.45, 7) is 0.927. The first-order valence-electron chi connectivity index (χ1n) is 5.53. The number of carbonyl (C=O) groups is 1. The van der Waals surface area contributed by atoms with Crippen molar-refractivity contribution in [2.45, 2.75) is 4.90 Å². The Balaban J connectivity index is 2.35. The van der Waals surface area contributed by atoms with Gasteiger partial charge in [0.15, 0.2) is 0 Å². The van der Waals surface area contributed by atoms with Crippen molar-refractivity contribution in [2.24, 2.45) is 0 Å². The van der Waals surface area contributed by atoms with Crippen molar-refractivity contribution in [3.63, 3.8) is 0 Å². The van der Waals surface area contributed by atoms with Crippen LogP contribution in [-0.4, -0.2) is 48.4 Å². The molecule has 1 aromatic rings. The molecule has 5 nitrogen and oxygen atoms in total. The molecule has 0 radical (unpaired) electrons. The standard InChI is InChI=1S/C11H12ClNO4S2/c12-10-7-8(1-2-9(10)11(14)15)19(16,17)13-3-5-18-6-4-13/h1-2,7H,3-6H2,(H,14,15). The third-order valence-corrected chi connectivity index (χ3v) is 5.93. The van der Waals surface area contributed by atoms with Crippen LogP contribution in [0.2, 0.25) is 5.02 Å². The molecule has 1 saturated heterocycles. The second-order valence-electron chi connectivity index (χ2n) is 3.96. The van der Waals surface area contributed by atoms with E-state index in [1.165, 1.54) is 22.5 Å². The molecule has 1 aliphatic heterocycles. The zero-order valence-electron chi connectivity index (χ0n) is 9.87. The number of benzene rings is 1. The van der Waals surface area contributed by atoms with Gasteiger partial charge in [-0.1, -0.05) is 11.6 Å². The van der Waals surface area contributed by atoms with E-state index in [9.17, 15) is 13.2 Å². The van der Waals surface area contributed by atoms with Crippen molar-refractivity contribution in [1.82, 2.24) is 4.31 Å². The van der Waals surface area contributed by atoms with Crippen LogP contribution in [0.1, 0.15) is 10.4 Å². The van der Waals surface area contributed by atoms with Crippen LogP contribution in [0.4, 0.5) is 0 Å². The number of carboxylic acid groups (broad SMARTS) is 1. The van der Waals surface area contributed by atoms with Gasteiger partial charge < -0.3 is 5.11 Å². The van der Waals surface area contributed by atoms with E-state index in [0.29, 0.717) is 13.1 Å². The molecule has 19 heavy (non-hydrogen) atoms. The highest BCUT2D eigenvalue weighted by atomic mass is 35.5. The van der Waals surface area contributed by atoms with Gasteiger partial charge in [0.05, 0.1) is 15.5 Å². The normalized spacial score (nSPS) is 17.3. The SMILES string of the molecule is O=C(O)c1ccc(S(=O)(=O)N2CCSCC2)cc1Cl. The minimum Gasteiger partial charge on any atom is -0.478 e. The topological polar surface area (TPSA) is 74.7 Å². The molecule has 1 aliphatic rings. The smallest absolute Gasteiger partial charge is 0.337 e. The van der Waals surface area contributed by atoms with Crippen molar-refractivity contribution >= 4 is 39.4 Å². The Labute approximate surface area is 120 Å². The van der Waals surface area contributed by atoms with Crippen LogP contribution >= 0.6 is 23.4 Å². The lowest BCUT2D eigenvalue weighted by molar-refractivity contribution is 0.0697. The molecular weight excluding hydrogens is 310 g/mol. The van der Waals surface area contributed by atoms with Gasteiger partial charge in [0.1, 0.15) is 0 Å². The first-order chi connectivity index (χ1) is 8.93. The third kappa shape index (κ3) is 3.05. The maximum absolute atomic E-state index is 12.3. The van der Waals surface area contributed by atoms with Crippen molar-refractivity contribution in [3.05, 3.63) is 28.8 Å². The monoisotopic (exact) mass is 321 g/mol. The third-order valence-electron chi connectivity index (χ3n) is 2.78. The van der Waals surface area contributed by atoms with Gasteiger partial charge in [-0.2, -0.15) is 16.1 Å². The van der Waals surface area contributed by atoms with Gasteiger partial charge in [-0.25, -0.2) is 13.2 Å². The number of aromatic carboxylic acids is 1. The molecule has 0 spiro atoms. The van der Waals surface area contributed by atoms with Gasteiger partial charge >= 0.3 is 5.97 Å². The van der Waals surface area contributed by atoms with Crippen molar-refractivity contribution in [2.75, 3.05) is 24.6 Å². The van der Waals surface area contributed by atoms with E-state index in [4.69, 9.17) is 16.7 Å². The summed E-state index contributed by atoms with van der Waals surface area (Å²) < 4.78 is 26.1. The lowest BCUT2D eigenvalue weighted by Crippen LogP contribution is -2.37. The van der Waals surface area contributed by atoms with E-state index in [1.807, 2.05) is 0 Å². The van der Waals surface area contributed by atoms with Crippen molar-refractivity contribution in [1.29, 1.82) is 0 Å². The fourth-order valence-corrected chi connectivity index (χ4v) is 4.69. The molecule has 0 aliphatic carbocycles. The predicted octanol–water partition coefficient (Wildman–Crippen LogP) is 1.78. The Bertz CT molecular complexity index is 597. The first kappa shape index (κ1) is 14.6. The number of hydrogen-bond acceptors (Lipinski definition) is 4. The van der Waals surface area contributed by atoms with Crippen LogP contribution in [0.5, 0.6) is 0 Å². The highest BCUT2D eigenvalue weighted by molar-refractivity contribution is 7.99. The zero-order valence-corrected chi connectivity index (χ0v) is 12.3. The van der Waals surface area contributed by atoms with Crippen LogP contribution in [0.3, 0.4) is 0 Å². The second kappa shape index (κ2) is 5.70. The van der Waals surface area contributed by atoms with Crippen LogP contribution in [0, 0.1) is 0 Å². The summed E-state index contributed by atoms with van der Waals surface area (Å²) in [7, 11) is -3.58. The molecule has 1 fully saturated rings. The molecule has 0 amide bonds. The maximum Gasteiger partial charge on any atom is 0.337 e. The number of rotatable bonds is 3. The van der Waals surface area contributed by atoms with E-state index in [2.05, 4.69) is 0 Å². The van der Waals surface area contributed by atoms with Gasteiger partial charge in [-0.15, -0.1) is 0 Å². The molecular formula is C11H12ClNO4S2. The van der Waals surface area contributed by atoms with Crippen LogP contribution in [-0.2, 0) is 10.0 Å². The minimum absolute atomic E-state index is 0.0365. The van der Waals surface area contributed by atoms with Crippen LogP contribution < -0.4 is 0 Å². The van der Waals surface area contributed by atoms with Gasteiger partial charge in [-0.3, -0.25) is 0 Å². The highest BCUT2D eigenvalue weighted by Crippen LogP contribution is 2.25. The zero-order chi connectivity index (χ0) is 14.0. The molecule has 0 bridgehead atoms. The molecule has 0 aromatic heterocycles. The summed E-state index contributed by atoms with van der Waals surface area (Å²) in [4.78, 5) is 10.9. The minimum atomic E-state index is -3.58. The lowest BCUT2D eigenvalue weighted by atomic mass is 10.2. The molecule has 1 heterocycles. The van der Waals surface area contributed by atoms with E-state index >= 15 is 0 Å². The largest absolute Gasteiger partial charge is 0.478 e. The predicted molar refractivity (Wildman–Crippen MR) is 74.5 cm³/mol. The Morgan fingerprint density at radius 1 is 1.32 bits per heavy atom. The van der Waals surface area contributed by atoms with Crippen molar-refractivity contribution < 1.29 is 18.3 Å². The highest BCUT2D eigenvalue weighted by Gasteiger charge is 2.27. The quantitative estimate of drug-likeness (QED) is 0.918. The molecule has 0 saturated carbocycles. The number of nitrogens with zero attached hydrogens (tertiary/aromatic N) is 1. The van der Waals surface area contributed by atoms with E-state index in [-0.39, 0.29) is 15.5 Å².